The summed E-state index contributed by atoms with van der Waals surface area (Å²) >= 11 is 0. The fraction of sp³-hybridized carbons (Fsp3) is 0.520. The van der Waals surface area contributed by atoms with Crippen LogP contribution in [0.5, 0.6) is 0 Å². The zero-order chi connectivity index (χ0) is 20.3. The van der Waals surface area contributed by atoms with Gasteiger partial charge in [0.15, 0.2) is 0 Å². The summed E-state index contributed by atoms with van der Waals surface area (Å²) < 4.78 is 7.03. The molecule has 0 aliphatic carbocycles. The summed E-state index contributed by atoms with van der Waals surface area (Å²) in [7, 11) is -2.38. The molecule has 4 heteroatoms. The Kier molecular flexibility index (Phi) is 6.26. The van der Waals surface area contributed by atoms with Crippen molar-refractivity contribution in [1.82, 2.24) is 10.2 Å². The van der Waals surface area contributed by atoms with E-state index in [1.165, 1.54) is 36.4 Å². The Labute approximate surface area is 177 Å². The molecule has 2 aromatic carbocycles. The second-order valence-electron chi connectivity index (χ2n) is 9.68. The Hall–Kier alpha value is -1.46. The van der Waals surface area contributed by atoms with E-state index in [1.807, 2.05) is 0 Å². The van der Waals surface area contributed by atoms with Gasteiger partial charge in [-0.05, 0) is 47.3 Å². The van der Waals surface area contributed by atoms with Crippen LogP contribution in [-0.2, 0) is 4.43 Å². The molecule has 2 saturated heterocycles. The molecule has 2 atom stereocenters. The average molecular weight is 409 g/mol. The van der Waals surface area contributed by atoms with Crippen molar-refractivity contribution in [3.8, 4) is 0 Å². The molecule has 2 aliphatic rings. The molecule has 29 heavy (non-hydrogen) atoms. The van der Waals surface area contributed by atoms with Gasteiger partial charge in [-0.2, -0.15) is 0 Å². The van der Waals surface area contributed by atoms with Crippen LogP contribution in [0, 0.1) is 5.92 Å². The number of nitrogens with zero attached hydrogens (tertiary/aromatic N) is 1. The number of rotatable bonds is 7. The lowest BCUT2D eigenvalue weighted by Gasteiger charge is -2.43. The van der Waals surface area contributed by atoms with Crippen molar-refractivity contribution < 1.29 is 4.43 Å². The fourth-order valence-corrected chi connectivity index (χ4v) is 10.1. The Bertz CT molecular complexity index is 735. The molecule has 0 bridgehead atoms. The Morgan fingerprint density at radius 2 is 1.59 bits per heavy atom. The predicted molar refractivity (Wildman–Crippen MR) is 125 cm³/mol. The first-order valence-electron chi connectivity index (χ1n) is 11.2. The molecule has 2 aromatic rings. The van der Waals surface area contributed by atoms with E-state index in [-0.39, 0.29) is 5.04 Å². The molecule has 0 spiro atoms. The topological polar surface area (TPSA) is 24.5 Å². The van der Waals surface area contributed by atoms with Crippen molar-refractivity contribution in [2.75, 3.05) is 32.8 Å². The molecule has 0 radical (unpaired) electrons. The third-order valence-corrected chi connectivity index (χ3v) is 11.9. The number of nitrogens with one attached hydrogen (secondary N) is 1. The first-order valence-corrected chi connectivity index (χ1v) is 13.1. The molecular weight excluding hydrogens is 372 g/mol. The molecule has 156 valence electrons. The van der Waals surface area contributed by atoms with Crippen LogP contribution in [-0.4, -0.2) is 52.0 Å². The second-order valence-corrected chi connectivity index (χ2v) is 14.0. The van der Waals surface area contributed by atoms with Crippen LogP contribution in [0.4, 0.5) is 0 Å². The monoisotopic (exact) mass is 408 g/mol. The van der Waals surface area contributed by atoms with Crippen LogP contribution in [0.1, 0.15) is 33.6 Å². The maximum absolute atomic E-state index is 7.03. The van der Waals surface area contributed by atoms with Crippen LogP contribution in [0.25, 0.3) is 0 Å². The Morgan fingerprint density at radius 1 is 0.966 bits per heavy atom. The van der Waals surface area contributed by atoms with Crippen LogP contribution >= 0.6 is 0 Å². The molecule has 2 aliphatic heterocycles. The predicted octanol–water partition coefficient (Wildman–Crippen LogP) is 3.25. The minimum absolute atomic E-state index is 0.0593. The smallest absolute Gasteiger partial charge is 0.261 e. The van der Waals surface area contributed by atoms with Crippen molar-refractivity contribution in [3.63, 3.8) is 0 Å². The van der Waals surface area contributed by atoms with E-state index in [0.717, 1.165) is 31.5 Å². The van der Waals surface area contributed by atoms with E-state index < -0.39 is 8.32 Å². The van der Waals surface area contributed by atoms with Crippen molar-refractivity contribution in [1.29, 1.82) is 0 Å². The van der Waals surface area contributed by atoms with Crippen LogP contribution < -0.4 is 15.7 Å². The number of likely N-dealkylation sites (tertiary alicyclic amines) is 1. The van der Waals surface area contributed by atoms with E-state index in [1.54, 1.807) is 0 Å². The number of fused-ring (bicyclic) bond motifs is 1. The standard InChI is InChI=1S/C25H36N2OSi/c1-25(2,3)29(22-11-6-4-7-12-22,23-13-8-5-9-14-23)28-18-10-16-27-17-15-21-19-26-20-24(21)27/h4-9,11-14,21,24,26H,10,15-20H2,1-3H3/t21-,24+/m1/s1. The fourth-order valence-electron chi connectivity index (χ4n) is 5.47. The van der Waals surface area contributed by atoms with E-state index >= 15 is 0 Å². The minimum Gasteiger partial charge on any atom is -0.407 e. The molecule has 2 fully saturated rings. The highest BCUT2D eigenvalue weighted by atomic mass is 28.4. The van der Waals surface area contributed by atoms with Crippen LogP contribution in [0.15, 0.2) is 60.7 Å². The van der Waals surface area contributed by atoms with Crippen molar-refractivity contribution in [3.05, 3.63) is 60.7 Å². The maximum atomic E-state index is 7.03. The molecule has 4 rings (SSSR count). The van der Waals surface area contributed by atoms with Gasteiger partial charge in [-0.1, -0.05) is 81.4 Å². The van der Waals surface area contributed by atoms with E-state index in [0.29, 0.717) is 0 Å². The molecule has 2 heterocycles. The van der Waals surface area contributed by atoms with Gasteiger partial charge >= 0.3 is 0 Å². The third kappa shape index (κ3) is 4.09. The summed E-state index contributed by atoms with van der Waals surface area (Å²) in [4.78, 5) is 2.69. The zero-order valence-corrected chi connectivity index (χ0v) is 19.2. The number of benzene rings is 2. The first kappa shape index (κ1) is 20.8. The van der Waals surface area contributed by atoms with E-state index in [4.69, 9.17) is 4.43 Å². The molecule has 1 N–H and O–H groups in total. The zero-order valence-electron chi connectivity index (χ0n) is 18.2. The largest absolute Gasteiger partial charge is 0.407 e. The van der Waals surface area contributed by atoms with Crippen LogP contribution in [0.3, 0.4) is 0 Å². The summed E-state index contributed by atoms with van der Waals surface area (Å²) in [5.41, 5.74) is 0. The van der Waals surface area contributed by atoms with Crippen molar-refractivity contribution >= 4 is 18.7 Å². The van der Waals surface area contributed by atoms with Gasteiger partial charge in [0.05, 0.1) is 0 Å². The van der Waals surface area contributed by atoms with Gasteiger partial charge in [0, 0.05) is 25.7 Å². The van der Waals surface area contributed by atoms with Gasteiger partial charge in [0.1, 0.15) is 0 Å². The highest BCUT2D eigenvalue weighted by Crippen LogP contribution is 2.37. The second kappa shape index (κ2) is 8.72. The molecule has 0 unspecified atom stereocenters. The van der Waals surface area contributed by atoms with Gasteiger partial charge in [-0.25, -0.2) is 0 Å². The van der Waals surface area contributed by atoms with Gasteiger partial charge in [-0.3, -0.25) is 4.90 Å². The lowest BCUT2D eigenvalue weighted by Crippen LogP contribution is -2.66. The van der Waals surface area contributed by atoms with E-state index in [9.17, 15) is 0 Å². The Morgan fingerprint density at radius 3 is 2.17 bits per heavy atom. The highest BCUT2D eigenvalue weighted by Gasteiger charge is 2.50. The molecule has 0 amide bonds. The maximum Gasteiger partial charge on any atom is 0.261 e. The van der Waals surface area contributed by atoms with Gasteiger partial charge < -0.3 is 9.74 Å². The van der Waals surface area contributed by atoms with Gasteiger partial charge in [0.2, 0.25) is 0 Å². The first-order chi connectivity index (χ1) is 14.0. The van der Waals surface area contributed by atoms with Gasteiger partial charge in [0.25, 0.3) is 8.32 Å². The summed E-state index contributed by atoms with van der Waals surface area (Å²) in [6.45, 7) is 12.7. The minimum atomic E-state index is -2.38. The molecule has 0 saturated carbocycles. The highest BCUT2D eigenvalue weighted by molar-refractivity contribution is 6.99. The quantitative estimate of drug-likeness (QED) is 0.562. The summed E-state index contributed by atoms with van der Waals surface area (Å²) in [5, 5.41) is 6.37. The summed E-state index contributed by atoms with van der Waals surface area (Å²) in [5.74, 6) is 0.868. The number of hydrogen-bond acceptors (Lipinski definition) is 3. The summed E-state index contributed by atoms with van der Waals surface area (Å²) in [6.07, 6.45) is 2.46. The summed E-state index contributed by atoms with van der Waals surface area (Å²) in [6, 6.07) is 22.7. The van der Waals surface area contributed by atoms with Crippen LogP contribution in [0.2, 0.25) is 5.04 Å². The Balaban J connectivity index is 1.53. The van der Waals surface area contributed by atoms with Crippen molar-refractivity contribution in [2.24, 2.45) is 5.92 Å². The van der Waals surface area contributed by atoms with Crippen molar-refractivity contribution in [2.45, 2.75) is 44.7 Å². The SMILES string of the molecule is CC(C)(C)[Si](OCCCN1CC[C@@H]2CNC[C@@H]21)(c1ccccc1)c1ccccc1. The normalized spacial score (nSPS) is 22.7. The molecular formula is C25H36N2OSi. The third-order valence-electron chi connectivity index (χ3n) is 6.89. The molecule has 0 aromatic heterocycles. The van der Waals surface area contributed by atoms with E-state index in [2.05, 4.69) is 91.7 Å². The average Bonchev–Trinajstić information content (AvgIpc) is 3.33. The number of hydrogen-bond donors (Lipinski definition) is 1. The lowest BCUT2D eigenvalue weighted by atomic mass is 10.1. The molecule has 3 nitrogen and oxygen atoms in total. The van der Waals surface area contributed by atoms with Gasteiger partial charge in [-0.15, -0.1) is 0 Å². The lowest BCUT2D eigenvalue weighted by molar-refractivity contribution is 0.215.